The molecule has 1 aliphatic heterocycles. The summed E-state index contributed by atoms with van der Waals surface area (Å²) in [4.78, 5) is 11.7. The second-order valence-corrected chi connectivity index (χ2v) is 13.4. The zero-order valence-corrected chi connectivity index (χ0v) is 24.9. The third-order valence-corrected chi connectivity index (χ3v) is 9.06. The number of nitrogens with two attached hydrogens (primary N) is 1. The number of fused-ring (bicyclic) bond motifs is 1. The van der Waals surface area contributed by atoms with Crippen LogP contribution in [-0.4, -0.2) is 20.3 Å². The van der Waals surface area contributed by atoms with E-state index in [1.54, 1.807) is 0 Å². The molecular weight excluding hydrogens is 506 g/mol. The van der Waals surface area contributed by atoms with E-state index in [9.17, 15) is 9.00 Å². The molecule has 1 aliphatic carbocycles. The molecule has 3 atom stereocenters. The Bertz CT molecular complexity index is 1320. The smallest absolute Gasteiger partial charge is 0.129 e. The van der Waals surface area contributed by atoms with E-state index in [1.165, 1.54) is 5.56 Å². The van der Waals surface area contributed by atoms with E-state index in [0.29, 0.717) is 18.3 Å². The molecule has 2 aliphatic rings. The minimum Gasteiger partial charge on any atom is -0.399 e. The summed E-state index contributed by atoms with van der Waals surface area (Å²) in [5.41, 5.74) is 10.3. The van der Waals surface area contributed by atoms with Gasteiger partial charge in [0.1, 0.15) is 23.1 Å². The fraction of sp³-hybridized carbons (Fsp3) is 0.484. The molecule has 4 N–H and O–H groups in total. The van der Waals surface area contributed by atoms with Crippen molar-refractivity contribution in [3.8, 4) is 0 Å². The number of aryl methyl sites for hydroxylation is 1. The summed E-state index contributed by atoms with van der Waals surface area (Å²) in [6.45, 7) is 12.7. The van der Waals surface area contributed by atoms with E-state index >= 15 is 0 Å². The maximum Gasteiger partial charge on any atom is 0.129 e. The van der Waals surface area contributed by atoms with Crippen molar-refractivity contribution in [3.63, 3.8) is 0 Å². The number of nitrogen functional groups attached to an aromatic ring is 1. The van der Waals surface area contributed by atoms with Gasteiger partial charge in [0, 0.05) is 29.8 Å². The lowest BCUT2D eigenvalue weighted by molar-refractivity contribution is -0.108. The van der Waals surface area contributed by atoms with Crippen LogP contribution in [0.25, 0.3) is 0 Å². The summed E-state index contributed by atoms with van der Waals surface area (Å²) < 4.78 is 17.5. The van der Waals surface area contributed by atoms with Crippen molar-refractivity contribution in [3.05, 3.63) is 65.4 Å². The normalized spacial score (nSPS) is 21.6. The number of aldehydes is 1. The van der Waals surface area contributed by atoms with Crippen molar-refractivity contribution in [2.75, 3.05) is 11.1 Å². The molecule has 7 nitrogen and oxygen atoms in total. The average molecular weight is 550 g/mol. The van der Waals surface area contributed by atoms with Gasteiger partial charge < -0.3 is 15.8 Å². The van der Waals surface area contributed by atoms with E-state index in [0.717, 1.165) is 65.3 Å². The van der Waals surface area contributed by atoms with Crippen LogP contribution in [0.5, 0.6) is 0 Å². The first-order chi connectivity index (χ1) is 18.4. The largest absolute Gasteiger partial charge is 0.399 e. The number of carbonyl (C=O) groups is 1. The molecule has 0 saturated heterocycles. The van der Waals surface area contributed by atoms with Crippen molar-refractivity contribution < 1.29 is 9.00 Å². The van der Waals surface area contributed by atoms with Crippen LogP contribution in [0.1, 0.15) is 90.0 Å². The van der Waals surface area contributed by atoms with Crippen LogP contribution in [0.4, 0.5) is 17.2 Å². The molecular formula is C31H43N5O2S. The molecule has 8 heteroatoms. The molecule has 0 spiro atoms. The Labute approximate surface area is 235 Å². The van der Waals surface area contributed by atoms with Crippen LogP contribution < -0.4 is 15.8 Å². The van der Waals surface area contributed by atoms with Gasteiger partial charge in [0.2, 0.25) is 0 Å². The Hall–Kier alpha value is -2.97. The van der Waals surface area contributed by atoms with E-state index in [-0.39, 0.29) is 11.1 Å². The van der Waals surface area contributed by atoms with E-state index in [2.05, 4.69) is 66.7 Å². The van der Waals surface area contributed by atoms with Gasteiger partial charge in [-0.05, 0) is 108 Å². The molecule has 5 rings (SSSR count). The van der Waals surface area contributed by atoms with Crippen molar-refractivity contribution in [1.29, 1.82) is 0 Å². The van der Waals surface area contributed by atoms with Gasteiger partial charge in [-0.1, -0.05) is 19.1 Å². The fourth-order valence-corrected chi connectivity index (χ4v) is 6.78. The summed E-state index contributed by atoms with van der Waals surface area (Å²) in [6.07, 6.45) is 6.00. The molecule has 3 aromatic rings. The zero-order chi connectivity index (χ0) is 28.4. The molecule has 1 saturated carbocycles. The highest BCUT2D eigenvalue weighted by Gasteiger charge is 2.35. The Kier molecular flexibility index (Phi) is 8.66. The number of nitrogens with one attached hydrogen (secondary N) is 2. The summed E-state index contributed by atoms with van der Waals surface area (Å²) in [6, 6.07) is 16.1. The minimum atomic E-state index is -1.16. The maximum absolute atomic E-state index is 12.3. The highest BCUT2D eigenvalue weighted by Crippen LogP contribution is 2.41. The third kappa shape index (κ3) is 6.79. The van der Waals surface area contributed by atoms with Gasteiger partial charge in [-0.15, -0.1) is 0 Å². The van der Waals surface area contributed by atoms with Crippen LogP contribution in [0, 0.1) is 5.92 Å². The van der Waals surface area contributed by atoms with Crippen LogP contribution in [-0.2, 0) is 33.3 Å². The lowest BCUT2D eigenvalue weighted by Crippen LogP contribution is -2.30. The molecule has 0 bridgehead atoms. The highest BCUT2D eigenvalue weighted by atomic mass is 32.2. The maximum atomic E-state index is 12.3. The SMILES string of the molecule is CC1(C)NS(=O)c2ccc(Nc3cc(C4CCC(CC=O)C4)nn3C(C)(C)C)cc21.CCc1ccc(N)cc1. The lowest BCUT2D eigenvalue weighted by atomic mass is 9.95. The molecule has 39 heavy (non-hydrogen) atoms. The Balaban J connectivity index is 0.000000333. The molecule has 0 radical (unpaired) electrons. The van der Waals surface area contributed by atoms with Crippen LogP contribution >= 0.6 is 0 Å². The second-order valence-electron chi connectivity index (χ2n) is 12.2. The summed E-state index contributed by atoms with van der Waals surface area (Å²) in [5.74, 6) is 1.85. The van der Waals surface area contributed by atoms with Gasteiger partial charge in [0.05, 0.1) is 21.7 Å². The first-order valence-corrected chi connectivity index (χ1v) is 15.1. The van der Waals surface area contributed by atoms with E-state index in [4.69, 9.17) is 10.8 Å². The van der Waals surface area contributed by atoms with E-state index < -0.39 is 11.0 Å². The van der Waals surface area contributed by atoms with Gasteiger partial charge in [0.25, 0.3) is 0 Å². The van der Waals surface area contributed by atoms with Crippen LogP contribution in [0.15, 0.2) is 53.4 Å². The molecule has 210 valence electrons. The number of benzene rings is 2. The number of hydrogen-bond acceptors (Lipinski definition) is 5. The van der Waals surface area contributed by atoms with Crippen LogP contribution in [0.2, 0.25) is 0 Å². The summed E-state index contributed by atoms with van der Waals surface area (Å²) >= 11 is 0. The second kappa shape index (κ2) is 11.6. The number of anilines is 3. The summed E-state index contributed by atoms with van der Waals surface area (Å²) in [7, 11) is -1.16. The monoisotopic (exact) mass is 549 g/mol. The van der Waals surface area contributed by atoms with Gasteiger partial charge in [-0.2, -0.15) is 5.10 Å². The lowest BCUT2D eigenvalue weighted by Gasteiger charge is -2.23. The fourth-order valence-electron chi connectivity index (χ4n) is 5.39. The van der Waals surface area contributed by atoms with Crippen molar-refractivity contribution in [1.82, 2.24) is 14.5 Å². The van der Waals surface area contributed by atoms with Gasteiger partial charge in [0.15, 0.2) is 0 Å². The number of nitrogens with zero attached hydrogens (tertiary/aromatic N) is 2. The van der Waals surface area contributed by atoms with Crippen molar-refractivity contribution >= 4 is 34.5 Å². The number of aromatic nitrogens is 2. The highest BCUT2D eigenvalue weighted by molar-refractivity contribution is 7.83. The Morgan fingerprint density at radius 2 is 1.87 bits per heavy atom. The predicted molar refractivity (Wildman–Crippen MR) is 161 cm³/mol. The number of hydrogen-bond donors (Lipinski definition) is 3. The minimum absolute atomic E-state index is 0.166. The predicted octanol–water partition coefficient (Wildman–Crippen LogP) is 6.55. The zero-order valence-electron chi connectivity index (χ0n) is 24.1. The molecule has 3 unspecified atom stereocenters. The number of rotatable bonds is 6. The first kappa shape index (κ1) is 29.0. The van der Waals surface area contributed by atoms with Gasteiger partial charge in [-0.25, -0.2) is 13.6 Å². The summed E-state index contributed by atoms with van der Waals surface area (Å²) in [5, 5.41) is 8.53. The quantitative estimate of drug-likeness (QED) is 0.239. The van der Waals surface area contributed by atoms with Crippen molar-refractivity contribution in [2.24, 2.45) is 5.92 Å². The van der Waals surface area contributed by atoms with Crippen LogP contribution in [0.3, 0.4) is 0 Å². The molecule has 1 aromatic heterocycles. The average Bonchev–Trinajstić information content (AvgIpc) is 3.57. The van der Waals surface area contributed by atoms with Gasteiger partial charge >= 0.3 is 0 Å². The topological polar surface area (TPSA) is 102 Å². The van der Waals surface area contributed by atoms with Gasteiger partial charge in [-0.3, -0.25) is 0 Å². The van der Waals surface area contributed by atoms with Crippen molar-refractivity contribution in [2.45, 2.75) is 95.5 Å². The van der Waals surface area contributed by atoms with E-state index in [1.807, 2.05) is 38.1 Å². The third-order valence-electron chi connectivity index (χ3n) is 7.61. The molecule has 2 aromatic carbocycles. The molecule has 1 fully saturated rings. The molecule has 0 amide bonds. The Morgan fingerprint density at radius 1 is 1.15 bits per heavy atom. The first-order valence-electron chi connectivity index (χ1n) is 13.9. The number of carbonyl (C=O) groups excluding carboxylic acids is 1. The molecule has 2 heterocycles. The standard InChI is InChI=1S/C23H32N4O2S.C8H11N/c1-22(2,3)27-21(14-19(25-27)16-7-6-15(12-16)10-11-28)24-17-8-9-20-18(13-17)23(4,5)26-30(20)29;1-2-7-3-5-8(9)6-4-7/h8-9,11,13-16,24,26H,6-7,10,12H2,1-5H3;3-6H,2,9H2,1H3. The Morgan fingerprint density at radius 3 is 2.51 bits per heavy atom.